The number of carbonyl (C=O) groups is 3. The molecule has 0 saturated carbocycles. The summed E-state index contributed by atoms with van der Waals surface area (Å²) in [4.78, 5) is 49.4. The van der Waals surface area contributed by atoms with Crippen molar-refractivity contribution in [1.29, 1.82) is 0 Å². The van der Waals surface area contributed by atoms with Crippen LogP contribution in [0.1, 0.15) is 44.7 Å². The number of aryl methyl sites for hydroxylation is 2. The van der Waals surface area contributed by atoms with Crippen LogP contribution in [0.2, 0.25) is 0 Å². The first-order valence-electron chi connectivity index (χ1n) is 16.9. The minimum Gasteiger partial charge on any atom is -0.494 e. The number of aliphatic hydroxyl groups excluding tert-OH is 1. The van der Waals surface area contributed by atoms with E-state index in [1.165, 1.54) is 0 Å². The molecule has 3 unspecified atom stereocenters. The van der Waals surface area contributed by atoms with Crippen molar-refractivity contribution in [2.45, 2.75) is 76.1 Å². The van der Waals surface area contributed by atoms with Gasteiger partial charge in [0.15, 0.2) is 0 Å². The van der Waals surface area contributed by atoms with Gasteiger partial charge >= 0.3 is 0 Å². The number of likely N-dealkylation sites (tertiary alicyclic amines) is 1. The molecule has 0 aliphatic carbocycles. The lowest BCUT2D eigenvalue weighted by molar-refractivity contribution is -0.145. The second kappa shape index (κ2) is 14.6. The van der Waals surface area contributed by atoms with Crippen molar-refractivity contribution in [3.8, 4) is 5.75 Å². The molecule has 0 radical (unpaired) electrons. The lowest BCUT2D eigenvalue weighted by atomic mass is 9.70. The Morgan fingerprint density at radius 2 is 1.77 bits per heavy atom. The minimum atomic E-state index is -1.29. The smallest absolute Gasteiger partial charge is 0.253 e. The highest BCUT2D eigenvalue weighted by Crippen LogP contribution is 2.61. The third kappa shape index (κ3) is 6.00. The Bertz CT molecular complexity index is 1550. The second-order valence-corrected chi connectivity index (χ2v) is 14.4. The number of amides is 3. The van der Waals surface area contributed by atoms with Crippen LogP contribution in [0.15, 0.2) is 67.8 Å². The Morgan fingerprint density at radius 3 is 2.38 bits per heavy atom. The SMILES string of the molecule is C=CCN(C(=O)[C@H]1[C@@H]2OC3(CC2Br)C(C(=O)N(CC=C)c2cc(C)ccc2C)N([C@@H](CO)[C@@H](C)CC)C(=O)[C@H]13)c1ccc(OCC)cc1. The van der Waals surface area contributed by atoms with Crippen LogP contribution in [0.3, 0.4) is 0 Å². The van der Waals surface area contributed by atoms with E-state index in [0.717, 1.165) is 16.8 Å². The number of hydrogen-bond acceptors (Lipinski definition) is 6. The fourth-order valence-electron chi connectivity index (χ4n) is 7.92. The maximum atomic E-state index is 15.1. The van der Waals surface area contributed by atoms with Crippen molar-refractivity contribution in [3.05, 3.63) is 78.9 Å². The largest absolute Gasteiger partial charge is 0.494 e. The predicted octanol–water partition coefficient (Wildman–Crippen LogP) is 5.60. The van der Waals surface area contributed by atoms with Gasteiger partial charge in [0, 0.05) is 29.3 Å². The van der Waals surface area contributed by atoms with E-state index in [4.69, 9.17) is 9.47 Å². The maximum Gasteiger partial charge on any atom is 0.253 e. The van der Waals surface area contributed by atoms with Gasteiger partial charge in [-0.15, -0.1) is 13.2 Å². The lowest BCUT2D eigenvalue weighted by Gasteiger charge is -2.41. The van der Waals surface area contributed by atoms with E-state index in [1.807, 2.05) is 77.1 Å². The van der Waals surface area contributed by atoms with Crippen molar-refractivity contribution >= 4 is 45.0 Å². The molecule has 1 spiro atoms. The van der Waals surface area contributed by atoms with Gasteiger partial charge in [0.2, 0.25) is 11.8 Å². The molecule has 3 heterocycles. The van der Waals surface area contributed by atoms with Gasteiger partial charge in [-0.2, -0.15) is 0 Å². The summed E-state index contributed by atoms with van der Waals surface area (Å²) in [6.45, 7) is 18.2. The van der Waals surface area contributed by atoms with Gasteiger partial charge in [0.05, 0.1) is 37.2 Å². The number of hydrogen-bond donors (Lipinski definition) is 1. The number of benzene rings is 2. The number of fused-ring (bicyclic) bond motifs is 1. The molecule has 5 rings (SSSR count). The minimum absolute atomic E-state index is 0.120. The average Bonchev–Trinajstić information content (AvgIpc) is 3.67. The molecule has 2 bridgehead atoms. The molecule has 8 atom stereocenters. The van der Waals surface area contributed by atoms with E-state index in [0.29, 0.717) is 30.9 Å². The molecule has 48 heavy (non-hydrogen) atoms. The van der Waals surface area contributed by atoms with Crippen molar-refractivity contribution in [2.24, 2.45) is 17.8 Å². The summed E-state index contributed by atoms with van der Waals surface area (Å²) in [5.41, 5.74) is 1.96. The molecule has 1 N–H and O–H groups in total. The summed E-state index contributed by atoms with van der Waals surface area (Å²) in [6, 6.07) is 11.5. The monoisotopic (exact) mass is 721 g/mol. The zero-order valence-electron chi connectivity index (χ0n) is 28.6. The van der Waals surface area contributed by atoms with E-state index in [9.17, 15) is 14.7 Å². The van der Waals surface area contributed by atoms with Crippen LogP contribution in [-0.2, 0) is 19.1 Å². The number of nitrogens with zero attached hydrogens (tertiary/aromatic N) is 3. The van der Waals surface area contributed by atoms with Crippen LogP contribution < -0.4 is 14.5 Å². The van der Waals surface area contributed by atoms with Crippen LogP contribution in [0.4, 0.5) is 11.4 Å². The van der Waals surface area contributed by atoms with Crippen LogP contribution in [0.25, 0.3) is 0 Å². The highest BCUT2D eigenvalue weighted by molar-refractivity contribution is 9.09. The van der Waals surface area contributed by atoms with Gasteiger partial charge < -0.3 is 29.3 Å². The van der Waals surface area contributed by atoms with E-state index < -0.39 is 35.6 Å². The van der Waals surface area contributed by atoms with Crippen LogP contribution in [0, 0.1) is 31.6 Å². The van der Waals surface area contributed by atoms with Crippen molar-refractivity contribution in [2.75, 3.05) is 36.1 Å². The number of rotatable bonds is 14. The molecule has 3 aliphatic heterocycles. The fourth-order valence-corrected chi connectivity index (χ4v) is 8.86. The van der Waals surface area contributed by atoms with Crippen molar-refractivity contribution < 1.29 is 29.0 Å². The van der Waals surface area contributed by atoms with Crippen LogP contribution >= 0.6 is 15.9 Å². The van der Waals surface area contributed by atoms with E-state index >= 15 is 4.79 Å². The fraction of sp³-hybridized carbons (Fsp3) is 0.500. The molecule has 258 valence electrons. The zero-order valence-corrected chi connectivity index (χ0v) is 30.2. The molecule has 0 aromatic heterocycles. The van der Waals surface area contributed by atoms with Crippen LogP contribution in [-0.4, -0.2) is 82.6 Å². The summed E-state index contributed by atoms with van der Waals surface area (Å²) < 4.78 is 12.5. The summed E-state index contributed by atoms with van der Waals surface area (Å²) in [7, 11) is 0. The molecule has 3 saturated heterocycles. The highest BCUT2D eigenvalue weighted by atomic mass is 79.9. The number of carbonyl (C=O) groups excluding carboxylic acids is 3. The number of halogens is 1. The van der Waals surface area contributed by atoms with E-state index in [-0.39, 0.29) is 48.2 Å². The number of anilines is 2. The maximum absolute atomic E-state index is 15.1. The van der Waals surface area contributed by atoms with Gasteiger partial charge in [-0.25, -0.2) is 0 Å². The highest BCUT2D eigenvalue weighted by Gasteiger charge is 2.77. The quantitative estimate of drug-likeness (QED) is 0.202. The second-order valence-electron chi connectivity index (χ2n) is 13.2. The Hall–Kier alpha value is -3.47. The molecule has 3 fully saturated rings. The molecule has 2 aromatic rings. The Kier molecular flexibility index (Phi) is 10.9. The van der Waals surface area contributed by atoms with Crippen molar-refractivity contribution in [1.82, 2.24) is 4.90 Å². The number of alkyl halides is 1. The number of ether oxygens (including phenoxy) is 2. The summed E-state index contributed by atoms with van der Waals surface area (Å²) in [6.07, 6.45) is 3.73. The van der Waals surface area contributed by atoms with Gasteiger partial charge in [-0.1, -0.05) is 60.5 Å². The third-order valence-electron chi connectivity index (χ3n) is 10.4. The van der Waals surface area contributed by atoms with Gasteiger partial charge in [-0.05, 0) is 74.6 Å². The van der Waals surface area contributed by atoms with E-state index in [1.54, 1.807) is 26.9 Å². The first-order chi connectivity index (χ1) is 23.0. The Balaban J connectivity index is 1.63. The normalized spacial score (nSPS) is 26.9. The van der Waals surface area contributed by atoms with E-state index in [2.05, 4.69) is 29.1 Å². The molecular formula is C38H48BrN3O6. The first-order valence-corrected chi connectivity index (χ1v) is 17.8. The summed E-state index contributed by atoms with van der Waals surface area (Å²) >= 11 is 3.80. The summed E-state index contributed by atoms with van der Waals surface area (Å²) in [5.74, 6) is -2.15. The van der Waals surface area contributed by atoms with Gasteiger partial charge in [0.1, 0.15) is 17.4 Å². The average molecular weight is 723 g/mol. The van der Waals surface area contributed by atoms with Crippen molar-refractivity contribution in [3.63, 3.8) is 0 Å². The molecule has 10 heteroatoms. The summed E-state index contributed by atoms with van der Waals surface area (Å²) in [5, 5.41) is 10.8. The van der Waals surface area contributed by atoms with Gasteiger partial charge in [-0.3, -0.25) is 14.4 Å². The zero-order chi connectivity index (χ0) is 34.9. The lowest BCUT2D eigenvalue weighted by Crippen LogP contribution is -2.60. The molecule has 2 aromatic carbocycles. The first kappa shape index (κ1) is 35.8. The standard InChI is InChI=1S/C38H48BrN3O6/c1-8-18-40(26-14-16-27(17-15-26)47-11-4)35(44)31-32-36(45)42(30(22-43)24(6)10-3)34(38(32)21-28(39)33(31)48-38)37(46)41(19-9-2)29-20-23(5)12-13-25(29)7/h8-9,12-17,20,24,28,30-34,43H,1-2,10-11,18-19,21-22H2,3-7H3/t24-,28?,30-,31+,32-,33+,34?,38?/m0/s1. The third-order valence-corrected chi connectivity index (χ3v) is 11.2. The Morgan fingerprint density at radius 1 is 1.10 bits per heavy atom. The number of aliphatic hydroxyl groups is 1. The molecule has 3 amide bonds. The molecule has 9 nitrogen and oxygen atoms in total. The van der Waals surface area contributed by atoms with Gasteiger partial charge in [0.25, 0.3) is 5.91 Å². The molecular weight excluding hydrogens is 674 g/mol. The topological polar surface area (TPSA) is 99.6 Å². The Labute approximate surface area is 292 Å². The van der Waals surface area contributed by atoms with Crippen LogP contribution in [0.5, 0.6) is 5.75 Å². The predicted molar refractivity (Wildman–Crippen MR) is 192 cm³/mol. The molecule has 3 aliphatic rings.